The second-order valence-electron chi connectivity index (χ2n) is 4.29. The second kappa shape index (κ2) is 5.14. The molecule has 2 rings (SSSR count). The molecule has 2 heterocycles. The molecule has 0 saturated carbocycles. The molecule has 1 unspecified atom stereocenters. The van der Waals surface area contributed by atoms with Gasteiger partial charge in [0.15, 0.2) is 0 Å². The number of hydrogen-bond acceptors (Lipinski definition) is 4. The van der Waals surface area contributed by atoms with Crippen molar-refractivity contribution in [3.05, 3.63) is 29.6 Å². The lowest BCUT2D eigenvalue weighted by Crippen LogP contribution is -2.31. The first kappa shape index (κ1) is 12.5. The predicted molar refractivity (Wildman–Crippen MR) is 62.3 cm³/mol. The predicted octanol–water partition coefficient (Wildman–Crippen LogP) is 0.234. The third-order valence-corrected chi connectivity index (χ3v) is 3.07. The number of rotatable bonds is 3. The molecule has 6 nitrogen and oxygen atoms in total. The Bertz CT molecular complexity index is 475. The van der Waals surface area contributed by atoms with Crippen molar-refractivity contribution in [3.63, 3.8) is 0 Å². The van der Waals surface area contributed by atoms with E-state index in [9.17, 15) is 9.59 Å². The minimum Gasteiger partial charge on any atom is -0.478 e. The smallest absolute Gasteiger partial charge is 0.338 e. The van der Waals surface area contributed by atoms with Gasteiger partial charge in [0.1, 0.15) is 5.69 Å². The molecule has 0 aromatic carbocycles. The molecule has 0 radical (unpaired) electrons. The lowest BCUT2D eigenvalue weighted by Gasteiger charge is -2.16. The molecule has 1 fully saturated rings. The number of carbonyl (C=O) groups excluding carboxylic acids is 1. The SMILES string of the molecule is O=C(O)c1cccnc1C(=O)N1CCC(CO)C1. The Hall–Kier alpha value is -1.95. The lowest BCUT2D eigenvalue weighted by atomic mass is 10.1. The average molecular weight is 250 g/mol. The van der Waals surface area contributed by atoms with Crippen molar-refractivity contribution in [1.82, 2.24) is 9.88 Å². The van der Waals surface area contributed by atoms with E-state index in [2.05, 4.69) is 4.98 Å². The number of aliphatic hydroxyl groups is 1. The van der Waals surface area contributed by atoms with Gasteiger partial charge in [-0.15, -0.1) is 0 Å². The summed E-state index contributed by atoms with van der Waals surface area (Å²) in [5.41, 5.74) is -0.126. The van der Waals surface area contributed by atoms with Gasteiger partial charge in [-0.25, -0.2) is 4.79 Å². The zero-order chi connectivity index (χ0) is 13.1. The molecule has 1 amide bonds. The normalized spacial score (nSPS) is 18.9. The highest BCUT2D eigenvalue weighted by molar-refractivity contribution is 6.03. The van der Waals surface area contributed by atoms with Gasteiger partial charge in [0.05, 0.1) is 5.56 Å². The summed E-state index contributed by atoms with van der Waals surface area (Å²) in [4.78, 5) is 28.6. The van der Waals surface area contributed by atoms with Crippen LogP contribution in [-0.2, 0) is 0 Å². The molecule has 1 atom stereocenters. The van der Waals surface area contributed by atoms with Crippen LogP contribution in [0.4, 0.5) is 0 Å². The van der Waals surface area contributed by atoms with Crippen LogP contribution in [0.1, 0.15) is 27.3 Å². The number of aromatic nitrogens is 1. The molecule has 1 aromatic rings. The van der Waals surface area contributed by atoms with E-state index >= 15 is 0 Å². The van der Waals surface area contributed by atoms with Gasteiger partial charge in [-0.3, -0.25) is 9.78 Å². The Labute approximate surface area is 104 Å². The summed E-state index contributed by atoms with van der Waals surface area (Å²) < 4.78 is 0. The van der Waals surface area contributed by atoms with Crippen molar-refractivity contribution in [1.29, 1.82) is 0 Å². The summed E-state index contributed by atoms with van der Waals surface area (Å²) in [5.74, 6) is -1.47. The standard InChI is InChI=1S/C12H14N2O4/c15-7-8-3-5-14(6-8)11(16)10-9(12(17)18)2-1-4-13-10/h1-2,4,8,15H,3,5-7H2,(H,17,18). The minimum absolute atomic E-state index is 0.0383. The number of likely N-dealkylation sites (tertiary alicyclic amines) is 1. The van der Waals surface area contributed by atoms with E-state index in [1.165, 1.54) is 23.2 Å². The number of aliphatic hydroxyl groups excluding tert-OH is 1. The maximum absolute atomic E-state index is 12.2. The second-order valence-corrected chi connectivity index (χ2v) is 4.29. The van der Waals surface area contributed by atoms with E-state index in [0.717, 1.165) is 6.42 Å². The van der Waals surface area contributed by atoms with Crippen LogP contribution >= 0.6 is 0 Å². The zero-order valence-corrected chi connectivity index (χ0v) is 9.74. The van der Waals surface area contributed by atoms with Crippen molar-refractivity contribution in [2.75, 3.05) is 19.7 Å². The molecule has 18 heavy (non-hydrogen) atoms. The summed E-state index contributed by atoms with van der Waals surface area (Å²) in [5, 5.41) is 18.0. The topological polar surface area (TPSA) is 90.7 Å². The molecular weight excluding hydrogens is 236 g/mol. The van der Waals surface area contributed by atoms with Crippen LogP contribution in [0.3, 0.4) is 0 Å². The summed E-state index contributed by atoms with van der Waals surface area (Å²) in [7, 11) is 0. The van der Waals surface area contributed by atoms with E-state index in [4.69, 9.17) is 10.2 Å². The van der Waals surface area contributed by atoms with Crippen LogP contribution in [0, 0.1) is 5.92 Å². The van der Waals surface area contributed by atoms with Crippen molar-refractivity contribution in [2.24, 2.45) is 5.92 Å². The third kappa shape index (κ3) is 2.33. The average Bonchev–Trinajstić information content (AvgIpc) is 2.86. The first-order valence-corrected chi connectivity index (χ1v) is 5.72. The van der Waals surface area contributed by atoms with Crippen LogP contribution < -0.4 is 0 Å². The fourth-order valence-electron chi connectivity index (χ4n) is 2.06. The summed E-state index contributed by atoms with van der Waals surface area (Å²) >= 11 is 0. The van der Waals surface area contributed by atoms with Crippen molar-refractivity contribution < 1.29 is 19.8 Å². The molecule has 2 N–H and O–H groups in total. The number of nitrogens with zero attached hydrogens (tertiary/aromatic N) is 2. The maximum Gasteiger partial charge on any atom is 0.338 e. The first-order chi connectivity index (χ1) is 8.63. The third-order valence-electron chi connectivity index (χ3n) is 3.07. The van der Waals surface area contributed by atoms with Gasteiger partial charge in [0.2, 0.25) is 0 Å². The number of amides is 1. The fraction of sp³-hybridized carbons (Fsp3) is 0.417. The Morgan fingerprint density at radius 2 is 2.28 bits per heavy atom. The number of aromatic carboxylic acids is 1. The van der Waals surface area contributed by atoms with Gasteiger partial charge in [-0.2, -0.15) is 0 Å². The van der Waals surface area contributed by atoms with Gasteiger partial charge in [-0.05, 0) is 18.6 Å². The monoisotopic (exact) mass is 250 g/mol. The molecule has 0 spiro atoms. The Balaban J connectivity index is 2.22. The molecule has 1 saturated heterocycles. The Kier molecular flexibility index (Phi) is 3.57. The highest BCUT2D eigenvalue weighted by Crippen LogP contribution is 2.18. The van der Waals surface area contributed by atoms with Crippen molar-refractivity contribution in [3.8, 4) is 0 Å². The Morgan fingerprint density at radius 1 is 1.50 bits per heavy atom. The quantitative estimate of drug-likeness (QED) is 0.801. The van der Waals surface area contributed by atoms with Crippen LogP contribution in [0.2, 0.25) is 0 Å². The zero-order valence-electron chi connectivity index (χ0n) is 9.74. The van der Waals surface area contributed by atoms with Crippen LogP contribution in [0.25, 0.3) is 0 Å². The molecule has 1 aliphatic heterocycles. The van der Waals surface area contributed by atoms with E-state index in [-0.39, 0.29) is 29.7 Å². The lowest BCUT2D eigenvalue weighted by molar-refractivity contribution is 0.0677. The van der Waals surface area contributed by atoms with Gasteiger partial charge in [0.25, 0.3) is 5.91 Å². The van der Waals surface area contributed by atoms with Gasteiger partial charge in [0, 0.05) is 31.8 Å². The van der Waals surface area contributed by atoms with Crippen molar-refractivity contribution >= 4 is 11.9 Å². The molecule has 0 aliphatic carbocycles. The highest BCUT2D eigenvalue weighted by atomic mass is 16.4. The molecule has 1 aliphatic rings. The van der Waals surface area contributed by atoms with E-state index in [1.807, 2.05) is 0 Å². The molecule has 6 heteroatoms. The summed E-state index contributed by atoms with van der Waals surface area (Å²) in [6.07, 6.45) is 2.14. The first-order valence-electron chi connectivity index (χ1n) is 5.72. The molecule has 96 valence electrons. The van der Waals surface area contributed by atoms with Crippen LogP contribution in [0.15, 0.2) is 18.3 Å². The van der Waals surface area contributed by atoms with Gasteiger partial charge < -0.3 is 15.1 Å². The van der Waals surface area contributed by atoms with E-state index in [1.54, 1.807) is 0 Å². The fourth-order valence-corrected chi connectivity index (χ4v) is 2.06. The van der Waals surface area contributed by atoms with Crippen LogP contribution in [-0.4, -0.2) is 51.7 Å². The number of hydrogen-bond donors (Lipinski definition) is 2. The number of carboxylic acid groups (broad SMARTS) is 1. The Morgan fingerprint density at radius 3 is 2.89 bits per heavy atom. The van der Waals surface area contributed by atoms with E-state index < -0.39 is 5.97 Å². The number of carbonyl (C=O) groups is 2. The van der Waals surface area contributed by atoms with Crippen LogP contribution in [0.5, 0.6) is 0 Å². The molecule has 1 aromatic heterocycles. The number of carboxylic acids is 1. The maximum atomic E-state index is 12.2. The van der Waals surface area contributed by atoms with E-state index in [0.29, 0.717) is 13.1 Å². The highest BCUT2D eigenvalue weighted by Gasteiger charge is 2.29. The largest absolute Gasteiger partial charge is 0.478 e. The number of pyridine rings is 1. The summed E-state index contributed by atoms with van der Waals surface area (Å²) in [6, 6.07) is 2.85. The summed E-state index contributed by atoms with van der Waals surface area (Å²) in [6.45, 7) is 1.02. The van der Waals surface area contributed by atoms with Gasteiger partial charge >= 0.3 is 5.97 Å². The minimum atomic E-state index is -1.16. The van der Waals surface area contributed by atoms with Crippen molar-refractivity contribution in [2.45, 2.75) is 6.42 Å². The van der Waals surface area contributed by atoms with Gasteiger partial charge in [-0.1, -0.05) is 0 Å². The molecular formula is C12H14N2O4. The molecule has 0 bridgehead atoms.